The van der Waals surface area contributed by atoms with Gasteiger partial charge in [-0.05, 0) is 12.8 Å². The molecule has 0 aromatic heterocycles. The predicted molar refractivity (Wildman–Crippen MR) is 36.3 cm³/mol. The molecular weight excluding hydrogens is 166 g/mol. The standard InChI is InChI=1S/C6H7NO5/c8-5(7-11)3-1-2-4(12-3)6(9)10/h3-4H,1-2H2,(H,9,10). The fourth-order valence-corrected chi connectivity index (χ4v) is 1.06. The maximum absolute atomic E-state index is 10.6. The van der Waals surface area contributed by atoms with Crippen molar-refractivity contribution in [1.82, 2.24) is 0 Å². The summed E-state index contributed by atoms with van der Waals surface area (Å²) >= 11 is 0. The summed E-state index contributed by atoms with van der Waals surface area (Å²) in [6, 6.07) is 0. The molecule has 0 aliphatic carbocycles. The first-order chi connectivity index (χ1) is 5.65. The molecule has 1 aliphatic heterocycles. The normalized spacial score (nSPS) is 28.3. The van der Waals surface area contributed by atoms with E-state index in [1.54, 1.807) is 0 Å². The maximum Gasteiger partial charge on any atom is 0.332 e. The van der Waals surface area contributed by atoms with E-state index >= 15 is 0 Å². The highest BCUT2D eigenvalue weighted by Gasteiger charge is 2.35. The zero-order valence-corrected chi connectivity index (χ0v) is 6.10. The van der Waals surface area contributed by atoms with Crippen LogP contribution in [0.1, 0.15) is 12.8 Å². The number of amides is 1. The second-order valence-corrected chi connectivity index (χ2v) is 2.46. The number of nitroso groups, excluding NO2 is 1. The Labute approximate surface area is 67.5 Å². The summed E-state index contributed by atoms with van der Waals surface area (Å²) in [5.41, 5.74) is 0. The van der Waals surface area contributed by atoms with Crippen molar-refractivity contribution in [3.63, 3.8) is 0 Å². The summed E-state index contributed by atoms with van der Waals surface area (Å²) in [6.07, 6.45) is -1.42. The van der Waals surface area contributed by atoms with Crippen LogP contribution < -0.4 is 0 Å². The topological polar surface area (TPSA) is 93.0 Å². The Morgan fingerprint density at radius 3 is 2.33 bits per heavy atom. The molecule has 0 bridgehead atoms. The lowest BCUT2D eigenvalue weighted by Gasteiger charge is -2.04. The Bertz CT molecular complexity index is 226. The fraction of sp³-hybridized carbons (Fsp3) is 0.667. The number of carbonyl (C=O) groups excluding carboxylic acids is 1. The van der Waals surface area contributed by atoms with Gasteiger partial charge in [-0.1, -0.05) is 0 Å². The van der Waals surface area contributed by atoms with Crippen molar-refractivity contribution in [3.05, 3.63) is 4.91 Å². The lowest BCUT2D eigenvalue weighted by Crippen LogP contribution is -2.23. The van der Waals surface area contributed by atoms with Crippen molar-refractivity contribution in [2.24, 2.45) is 5.18 Å². The molecular formula is C6H7NO5. The molecule has 0 aromatic rings. The second kappa shape index (κ2) is 3.40. The van der Waals surface area contributed by atoms with Gasteiger partial charge in [0, 0.05) is 5.18 Å². The monoisotopic (exact) mass is 173 g/mol. The van der Waals surface area contributed by atoms with Gasteiger partial charge in [0.1, 0.15) is 6.10 Å². The summed E-state index contributed by atoms with van der Waals surface area (Å²) in [7, 11) is 0. The van der Waals surface area contributed by atoms with Crippen LogP contribution in [-0.2, 0) is 14.3 Å². The zero-order chi connectivity index (χ0) is 9.14. The molecule has 1 saturated heterocycles. The van der Waals surface area contributed by atoms with Crippen molar-refractivity contribution in [3.8, 4) is 0 Å². The molecule has 1 N–H and O–H groups in total. The molecule has 0 spiro atoms. The predicted octanol–water partition coefficient (Wildman–Crippen LogP) is -0.0884. The van der Waals surface area contributed by atoms with E-state index in [1.165, 1.54) is 0 Å². The van der Waals surface area contributed by atoms with Gasteiger partial charge in [0.2, 0.25) is 0 Å². The molecule has 2 atom stereocenters. The van der Waals surface area contributed by atoms with Crippen LogP contribution in [0.4, 0.5) is 0 Å². The molecule has 1 heterocycles. The molecule has 2 unspecified atom stereocenters. The van der Waals surface area contributed by atoms with E-state index in [0.717, 1.165) is 0 Å². The van der Waals surface area contributed by atoms with Crippen molar-refractivity contribution >= 4 is 11.9 Å². The molecule has 1 fully saturated rings. The number of rotatable bonds is 2. The van der Waals surface area contributed by atoms with Crippen molar-refractivity contribution in [2.75, 3.05) is 0 Å². The van der Waals surface area contributed by atoms with Gasteiger partial charge in [0.15, 0.2) is 6.10 Å². The van der Waals surface area contributed by atoms with Crippen LogP contribution in [0, 0.1) is 4.91 Å². The van der Waals surface area contributed by atoms with Crippen LogP contribution in [0.5, 0.6) is 0 Å². The number of carboxylic acid groups (broad SMARTS) is 1. The first-order valence-corrected chi connectivity index (χ1v) is 3.40. The third-order valence-electron chi connectivity index (χ3n) is 1.66. The number of aliphatic carboxylic acids is 1. The van der Waals surface area contributed by atoms with Gasteiger partial charge < -0.3 is 9.84 Å². The second-order valence-electron chi connectivity index (χ2n) is 2.46. The summed E-state index contributed by atoms with van der Waals surface area (Å²) in [5, 5.41) is 10.6. The molecule has 6 heteroatoms. The van der Waals surface area contributed by atoms with E-state index in [-0.39, 0.29) is 12.8 Å². The van der Waals surface area contributed by atoms with Gasteiger partial charge in [-0.25, -0.2) is 4.79 Å². The first kappa shape index (κ1) is 8.79. The van der Waals surface area contributed by atoms with Gasteiger partial charge in [0.05, 0.1) is 0 Å². The third kappa shape index (κ3) is 1.65. The molecule has 0 aromatic carbocycles. The van der Waals surface area contributed by atoms with E-state index in [0.29, 0.717) is 0 Å². The van der Waals surface area contributed by atoms with Gasteiger partial charge in [-0.15, -0.1) is 4.91 Å². The molecule has 66 valence electrons. The highest BCUT2D eigenvalue weighted by molar-refractivity contribution is 5.83. The lowest BCUT2D eigenvalue weighted by atomic mass is 10.2. The van der Waals surface area contributed by atoms with E-state index in [2.05, 4.69) is 5.18 Å². The molecule has 1 amide bonds. The summed E-state index contributed by atoms with van der Waals surface area (Å²) in [6.45, 7) is 0. The van der Waals surface area contributed by atoms with Crippen LogP contribution in [-0.4, -0.2) is 29.2 Å². The Kier molecular flexibility index (Phi) is 2.49. The van der Waals surface area contributed by atoms with E-state index in [9.17, 15) is 14.5 Å². The van der Waals surface area contributed by atoms with Gasteiger partial charge >= 0.3 is 11.9 Å². The molecule has 6 nitrogen and oxygen atoms in total. The molecule has 1 rings (SSSR count). The minimum absolute atomic E-state index is 0.251. The summed E-state index contributed by atoms with van der Waals surface area (Å²) in [4.78, 5) is 30.6. The van der Waals surface area contributed by atoms with Crippen LogP contribution in [0.25, 0.3) is 0 Å². The van der Waals surface area contributed by atoms with E-state index in [1.807, 2.05) is 0 Å². The number of carbonyl (C=O) groups is 2. The lowest BCUT2D eigenvalue weighted by molar-refractivity contribution is -0.151. The fourth-order valence-electron chi connectivity index (χ4n) is 1.06. The number of ether oxygens (including phenoxy) is 1. The number of hydrogen-bond donors (Lipinski definition) is 1. The SMILES string of the molecule is O=NC(=O)C1CCC(C(=O)O)O1. The van der Waals surface area contributed by atoms with Crippen LogP contribution in [0.2, 0.25) is 0 Å². The number of hydrogen-bond acceptors (Lipinski definition) is 4. The summed E-state index contributed by atoms with van der Waals surface area (Å²) in [5.74, 6) is -2.05. The Morgan fingerprint density at radius 2 is 1.92 bits per heavy atom. The largest absolute Gasteiger partial charge is 0.479 e. The Morgan fingerprint density at radius 1 is 1.33 bits per heavy atom. The molecule has 0 radical (unpaired) electrons. The van der Waals surface area contributed by atoms with Crippen LogP contribution in [0.3, 0.4) is 0 Å². The van der Waals surface area contributed by atoms with Gasteiger partial charge in [-0.3, -0.25) is 4.79 Å². The highest BCUT2D eigenvalue weighted by atomic mass is 16.5. The third-order valence-corrected chi connectivity index (χ3v) is 1.66. The first-order valence-electron chi connectivity index (χ1n) is 3.40. The Hall–Kier alpha value is -1.30. The van der Waals surface area contributed by atoms with E-state index in [4.69, 9.17) is 9.84 Å². The van der Waals surface area contributed by atoms with Crippen molar-refractivity contribution < 1.29 is 19.4 Å². The van der Waals surface area contributed by atoms with Crippen molar-refractivity contribution in [2.45, 2.75) is 25.0 Å². The average molecular weight is 173 g/mol. The Balaban J connectivity index is 2.50. The van der Waals surface area contributed by atoms with Crippen LogP contribution in [0.15, 0.2) is 5.18 Å². The van der Waals surface area contributed by atoms with Crippen LogP contribution >= 0.6 is 0 Å². The van der Waals surface area contributed by atoms with Crippen molar-refractivity contribution in [1.29, 1.82) is 0 Å². The summed E-state index contributed by atoms with van der Waals surface area (Å²) < 4.78 is 4.73. The van der Waals surface area contributed by atoms with E-state index < -0.39 is 24.1 Å². The number of nitrogens with zero attached hydrogens (tertiary/aromatic N) is 1. The zero-order valence-electron chi connectivity index (χ0n) is 6.10. The highest BCUT2D eigenvalue weighted by Crippen LogP contribution is 2.20. The molecule has 12 heavy (non-hydrogen) atoms. The molecule has 1 aliphatic rings. The molecule has 0 saturated carbocycles. The smallest absolute Gasteiger partial charge is 0.332 e. The minimum atomic E-state index is -1.11. The number of carboxylic acids is 1. The minimum Gasteiger partial charge on any atom is -0.479 e. The van der Waals surface area contributed by atoms with Gasteiger partial charge in [0.25, 0.3) is 0 Å². The quantitative estimate of drug-likeness (QED) is 0.589. The maximum atomic E-state index is 10.6. The van der Waals surface area contributed by atoms with Gasteiger partial charge in [-0.2, -0.15) is 0 Å². The average Bonchev–Trinajstić information content (AvgIpc) is 2.51.